The number of nitrogens with one attached hydrogen (secondary N) is 1. The Bertz CT molecular complexity index is 402. The summed E-state index contributed by atoms with van der Waals surface area (Å²) in [7, 11) is 0. The van der Waals surface area contributed by atoms with Crippen molar-refractivity contribution in [1.82, 2.24) is 10.3 Å². The van der Waals surface area contributed by atoms with Crippen LogP contribution in [0, 0.1) is 5.92 Å². The van der Waals surface area contributed by atoms with E-state index in [2.05, 4.69) is 33.2 Å². The van der Waals surface area contributed by atoms with Crippen LogP contribution in [0.4, 0.5) is 0 Å². The van der Waals surface area contributed by atoms with E-state index in [9.17, 15) is 4.79 Å². The third-order valence-corrected chi connectivity index (χ3v) is 3.86. The highest BCUT2D eigenvalue weighted by Crippen LogP contribution is 2.27. The molecule has 17 heavy (non-hydrogen) atoms. The standard InChI is InChI=1S/C13H17BrN2O/c1-9(10-5-2-3-6-10)15-13(17)11-7-4-8-12(14)16-11/h4,7-10H,2-3,5-6H2,1H3,(H,15,17). The van der Waals surface area contributed by atoms with Crippen LogP contribution >= 0.6 is 15.9 Å². The second-order valence-electron chi connectivity index (χ2n) is 4.65. The molecule has 2 rings (SSSR count). The summed E-state index contributed by atoms with van der Waals surface area (Å²) in [5.74, 6) is 0.553. The Kier molecular flexibility index (Phi) is 4.15. The summed E-state index contributed by atoms with van der Waals surface area (Å²) in [6.45, 7) is 2.09. The van der Waals surface area contributed by atoms with Gasteiger partial charge in [0.15, 0.2) is 0 Å². The number of aromatic nitrogens is 1. The molecule has 0 aliphatic heterocycles. The molecule has 1 N–H and O–H groups in total. The highest BCUT2D eigenvalue weighted by atomic mass is 79.9. The summed E-state index contributed by atoms with van der Waals surface area (Å²) < 4.78 is 0.693. The zero-order valence-electron chi connectivity index (χ0n) is 9.95. The van der Waals surface area contributed by atoms with Gasteiger partial charge in [-0.15, -0.1) is 0 Å². The predicted molar refractivity (Wildman–Crippen MR) is 70.8 cm³/mol. The number of hydrogen-bond donors (Lipinski definition) is 1. The molecule has 0 radical (unpaired) electrons. The topological polar surface area (TPSA) is 42.0 Å². The van der Waals surface area contributed by atoms with E-state index in [4.69, 9.17) is 0 Å². The molecule has 1 atom stereocenters. The number of carbonyl (C=O) groups is 1. The molecule has 1 heterocycles. The lowest BCUT2D eigenvalue weighted by atomic mass is 10.00. The van der Waals surface area contributed by atoms with Crippen LogP contribution in [-0.2, 0) is 0 Å². The van der Waals surface area contributed by atoms with E-state index in [0.717, 1.165) is 0 Å². The van der Waals surface area contributed by atoms with Crippen molar-refractivity contribution in [3.8, 4) is 0 Å². The van der Waals surface area contributed by atoms with Crippen LogP contribution in [0.3, 0.4) is 0 Å². The van der Waals surface area contributed by atoms with Crippen LogP contribution in [0.5, 0.6) is 0 Å². The van der Waals surface area contributed by atoms with E-state index in [1.807, 2.05) is 12.1 Å². The lowest BCUT2D eigenvalue weighted by Crippen LogP contribution is -2.37. The summed E-state index contributed by atoms with van der Waals surface area (Å²) >= 11 is 3.27. The van der Waals surface area contributed by atoms with Crippen molar-refractivity contribution in [2.75, 3.05) is 0 Å². The highest BCUT2D eigenvalue weighted by molar-refractivity contribution is 9.10. The Morgan fingerprint density at radius 1 is 1.47 bits per heavy atom. The van der Waals surface area contributed by atoms with Gasteiger partial charge < -0.3 is 5.32 Å². The summed E-state index contributed by atoms with van der Waals surface area (Å²) in [6, 6.07) is 5.62. The van der Waals surface area contributed by atoms with Gasteiger partial charge in [-0.25, -0.2) is 4.98 Å². The van der Waals surface area contributed by atoms with Gasteiger partial charge in [0.2, 0.25) is 0 Å². The molecule has 1 aliphatic rings. The first kappa shape index (κ1) is 12.6. The van der Waals surface area contributed by atoms with E-state index < -0.39 is 0 Å². The molecule has 0 bridgehead atoms. The summed E-state index contributed by atoms with van der Waals surface area (Å²) in [5, 5.41) is 3.04. The largest absolute Gasteiger partial charge is 0.348 e. The van der Waals surface area contributed by atoms with E-state index in [-0.39, 0.29) is 11.9 Å². The number of amides is 1. The van der Waals surface area contributed by atoms with Crippen molar-refractivity contribution in [3.05, 3.63) is 28.5 Å². The Morgan fingerprint density at radius 2 is 2.18 bits per heavy atom. The molecule has 0 spiro atoms. The van der Waals surface area contributed by atoms with Crippen molar-refractivity contribution < 1.29 is 4.79 Å². The number of halogens is 1. The first-order chi connectivity index (χ1) is 8.16. The third-order valence-electron chi connectivity index (χ3n) is 3.41. The maximum Gasteiger partial charge on any atom is 0.270 e. The second-order valence-corrected chi connectivity index (χ2v) is 5.46. The number of nitrogens with zero attached hydrogens (tertiary/aromatic N) is 1. The lowest BCUT2D eigenvalue weighted by Gasteiger charge is -2.20. The van der Waals surface area contributed by atoms with Crippen LogP contribution < -0.4 is 5.32 Å². The van der Waals surface area contributed by atoms with Gasteiger partial charge in [0.05, 0.1) is 0 Å². The van der Waals surface area contributed by atoms with Crippen LogP contribution in [-0.4, -0.2) is 16.9 Å². The van der Waals surface area contributed by atoms with Gasteiger partial charge in [-0.3, -0.25) is 4.79 Å². The van der Waals surface area contributed by atoms with Crippen molar-refractivity contribution in [3.63, 3.8) is 0 Å². The first-order valence-electron chi connectivity index (χ1n) is 6.10. The van der Waals surface area contributed by atoms with Crippen molar-refractivity contribution in [1.29, 1.82) is 0 Å². The molecular weight excluding hydrogens is 280 g/mol. The smallest absolute Gasteiger partial charge is 0.270 e. The van der Waals surface area contributed by atoms with E-state index in [1.165, 1.54) is 25.7 Å². The minimum Gasteiger partial charge on any atom is -0.348 e. The Labute approximate surface area is 110 Å². The fourth-order valence-corrected chi connectivity index (χ4v) is 2.73. The molecule has 1 amide bonds. The average molecular weight is 297 g/mol. The molecule has 0 aromatic carbocycles. The highest BCUT2D eigenvalue weighted by Gasteiger charge is 2.23. The van der Waals surface area contributed by atoms with Crippen molar-refractivity contribution >= 4 is 21.8 Å². The van der Waals surface area contributed by atoms with Crippen LogP contribution in [0.15, 0.2) is 22.8 Å². The maximum atomic E-state index is 12.0. The lowest BCUT2D eigenvalue weighted by molar-refractivity contribution is 0.0922. The molecule has 1 fully saturated rings. The van der Waals surface area contributed by atoms with Gasteiger partial charge >= 0.3 is 0 Å². The third kappa shape index (κ3) is 3.28. The molecule has 3 nitrogen and oxygen atoms in total. The fourth-order valence-electron chi connectivity index (χ4n) is 2.39. The maximum absolute atomic E-state index is 12.0. The Balaban J connectivity index is 1.96. The molecule has 4 heteroatoms. The van der Waals surface area contributed by atoms with Crippen LogP contribution in [0.25, 0.3) is 0 Å². The van der Waals surface area contributed by atoms with Gasteiger partial charge in [0.25, 0.3) is 5.91 Å². The zero-order chi connectivity index (χ0) is 12.3. The number of carbonyl (C=O) groups excluding carboxylic acids is 1. The van der Waals surface area contributed by atoms with Gasteiger partial charge in [-0.1, -0.05) is 18.9 Å². The van der Waals surface area contributed by atoms with E-state index in [0.29, 0.717) is 16.2 Å². The van der Waals surface area contributed by atoms with E-state index in [1.54, 1.807) is 6.07 Å². The van der Waals surface area contributed by atoms with Gasteiger partial charge in [0, 0.05) is 6.04 Å². The SMILES string of the molecule is CC(NC(=O)c1cccc(Br)n1)C1CCCC1. The predicted octanol–water partition coefficient (Wildman–Crippen LogP) is 3.15. The molecule has 1 unspecified atom stereocenters. The number of hydrogen-bond acceptors (Lipinski definition) is 2. The van der Waals surface area contributed by atoms with Crippen LogP contribution in [0.2, 0.25) is 0 Å². The monoisotopic (exact) mass is 296 g/mol. The minimum atomic E-state index is -0.0781. The molecular formula is C13H17BrN2O. The van der Waals surface area contributed by atoms with Crippen molar-refractivity contribution in [2.24, 2.45) is 5.92 Å². The normalized spacial score (nSPS) is 18.0. The number of rotatable bonds is 3. The van der Waals surface area contributed by atoms with Crippen LogP contribution in [0.1, 0.15) is 43.1 Å². The molecule has 1 aromatic heterocycles. The summed E-state index contributed by atoms with van der Waals surface area (Å²) in [5.41, 5.74) is 0.476. The Morgan fingerprint density at radius 3 is 2.82 bits per heavy atom. The molecule has 0 saturated heterocycles. The number of pyridine rings is 1. The molecule has 92 valence electrons. The van der Waals surface area contributed by atoms with Crippen molar-refractivity contribution in [2.45, 2.75) is 38.6 Å². The molecule has 1 saturated carbocycles. The first-order valence-corrected chi connectivity index (χ1v) is 6.89. The average Bonchev–Trinajstić information content (AvgIpc) is 2.82. The quantitative estimate of drug-likeness (QED) is 0.871. The zero-order valence-corrected chi connectivity index (χ0v) is 11.5. The Hall–Kier alpha value is -0.900. The van der Waals surface area contributed by atoms with Gasteiger partial charge in [-0.05, 0) is 53.7 Å². The van der Waals surface area contributed by atoms with Gasteiger partial charge in [0.1, 0.15) is 10.3 Å². The fraction of sp³-hybridized carbons (Fsp3) is 0.538. The summed E-state index contributed by atoms with van der Waals surface area (Å²) in [4.78, 5) is 16.1. The molecule has 1 aromatic rings. The summed E-state index contributed by atoms with van der Waals surface area (Å²) in [6.07, 6.45) is 5.04. The molecule has 1 aliphatic carbocycles. The van der Waals surface area contributed by atoms with E-state index >= 15 is 0 Å². The van der Waals surface area contributed by atoms with Gasteiger partial charge in [-0.2, -0.15) is 0 Å². The second kappa shape index (κ2) is 5.63. The minimum absolute atomic E-state index is 0.0781.